The minimum absolute atomic E-state index is 0.273. The summed E-state index contributed by atoms with van der Waals surface area (Å²) in [5, 5.41) is 0.279. The number of nitrogens with one attached hydrogen (secondary N) is 1. The Hall–Kier alpha value is -2.45. The lowest BCUT2D eigenvalue weighted by atomic mass is 10.2. The molecule has 4 heteroatoms. The van der Waals surface area contributed by atoms with Crippen LogP contribution in [0, 0.1) is 0 Å². The first-order valence-corrected chi connectivity index (χ1v) is 5.62. The number of hydrogen-bond donors (Lipinski definition) is 1. The average Bonchev–Trinajstić information content (AvgIpc) is 2.76. The molecule has 4 nitrogen and oxygen atoms in total. The van der Waals surface area contributed by atoms with Crippen LogP contribution < -0.4 is 16.5 Å². The molecule has 0 unspecified atom stereocenters. The van der Waals surface area contributed by atoms with Crippen LogP contribution in [0.1, 0.15) is 12.5 Å². The van der Waals surface area contributed by atoms with Crippen LogP contribution in [-0.2, 0) is 4.74 Å². The number of hydrogen-bond acceptors (Lipinski definition) is 3. The van der Waals surface area contributed by atoms with Gasteiger partial charge in [-0.3, -0.25) is 0 Å². The van der Waals surface area contributed by atoms with E-state index in [0.717, 1.165) is 5.56 Å². The molecule has 2 aromatic rings. The number of aromatic amines is 1. The summed E-state index contributed by atoms with van der Waals surface area (Å²) in [7, 11) is 0. The van der Waals surface area contributed by atoms with E-state index in [2.05, 4.69) is 10.7 Å². The van der Waals surface area contributed by atoms with Crippen molar-refractivity contribution in [3.63, 3.8) is 0 Å². The van der Waals surface area contributed by atoms with E-state index in [1.165, 1.54) is 6.26 Å². The lowest BCUT2D eigenvalue weighted by molar-refractivity contribution is 0.314. The molecule has 2 rings (SSSR count). The van der Waals surface area contributed by atoms with Gasteiger partial charge >= 0.3 is 5.63 Å². The Morgan fingerprint density at radius 1 is 1.39 bits per heavy atom. The molecule has 1 aromatic heterocycles. The van der Waals surface area contributed by atoms with E-state index in [4.69, 9.17) is 9.15 Å². The van der Waals surface area contributed by atoms with Gasteiger partial charge in [0.1, 0.15) is 6.26 Å². The molecule has 92 valence electrons. The van der Waals surface area contributed by atoms with Crippen LogP contribution in [0.5, 0.6) is 0 Å². The van der Waals surface area contributed by atoms with Gasteiger partial charge in [-0.2, -0.15) is 0 Å². The fourth-order valence-electron chi connectivity index (χ4n) is 1.35. The van der Waals surface area contributed by atoms with Crippen LogP contribution in [-0.4, -0.2) is 11.6 Å². The molecule has 18 heavy (non-hydrogen) atoms. The molecule has 0 saturated heterocycles. The van der Waals surface area contributed by atoms with E-state index in [9.17, 15) is 4.79 Å². The summed E-state index contributed by atoms with van der Waals surface area (Å²) in [5.41, 5.74) is 3.66. The van der Waals surface area contributed by atoms with Crippen molar-refractivity contribution in [2.45, 2.75) is 6.92 Å². The van der Waals surface area contributed by atoms with Crippen molar-refractivity contribution >= 4 is 18.1 Å². The van der Waals surface area contributed by atoms with Crippen LogP contribution in [0.4, 0.5) is 0 Å². The number of rotatable bonds is 3. The highest BCUT2D eigenvalue weighted by Gasteiger charge is 1.93. The van der Waals surface area contributed by atoms with Gasteiger partial charge < -0.3 is 14.1 Å². The Morgan fingerprint density at radius 2 is 2.17 bits per heavy atom. The van der Waals surface area contributed by atoms with Crippen LogP contribution in [0.15, 0.2) is 39.5 Å². The molecule has 0 atom stereocenters. The monoisotopic (exact) mass is 243 g/mol. The van der Waals surface area contributed by atoms with Gasteiger partial charge in [-0.1, -0.05) is 36.1 Å². The van der Waals surface area contributed by atoms with E-state index in [1.54, 1.807) is 6.08 Å². The number of benzene rings is 1. The molecule has 0 fully saturated rings. The van der Waals surface area contributed by atoms with Crippen LogP contribution >= 0.6 is 0 Å². The predicted molar refractivity (Wildman–Crippen MR) is 69.0 cm³/mol. The van der Waals surface area contributed by atoms with Crippen LogP contribution in [0.3, 0.4) is 0 Å². The quantitative estimate of drug-likeness (QED) is 0.869. The van der Waals surface area contributed by atoms with Gasteiger partial charge in [0.25, 0.3) is 0 Å². The van der Waals surface area contributed by atoms with Gasteiger partial charge in [0.15, 0.2) is 5.35 Å². The fourth-order valence-corrected chi connectivity index (χ4v) is 1.35. The van der Waals surface area contributed by atoms with Crippen molar-refractivity contribution in [3.8, 4) is 0 Å². The SMILES string of the molecule is CCOC=c1[nH]c(=C=Cc2ccccc2)oc1=O. The summed E-state index contributed by atoms with van der Waals surface area (Å²) in [5.74, 6) is 0. The van der Waals surface area contributed by atoms with Gasteiger partial charge in [-0.25, -0.2) is 4.79 Å². The number of oxazole rings is 1. The van der Waals surface area contributed by atoms with Gasteiger partial charge in [-0.05, 0) is 18.6 Å². The highest BCUT2D eigenvalue weighted by atomic mass is 16.5. The molecule has 0 spiro atoms. The number of H-pyrrole nitrogens is 1. The Morgan fingerprint density at radius 3 is 2.89 bits per heavy atom. The van der Waals surface area contributed by atoms with Crippen LogP contribution in [0.25, 0.3) is 18.1 Å². The molecule has 0 saturated carbocycles. The van der Waals surface area contributed by atoms with E-state index >= 15 is 0 Å². The number of ether oxygens (including phenoxy) is 1. The van der Waals surface area contributed by atoms with Gasteiger partial charge in [-0.15, -0.1) is 0 Å². The third kappa shape index (κ3) is 3.03. The van der Waals surface area contributed by atoms with Crippen molar-refractivity contribution in [3.05, 3.63) is 57.2 Å². The molecule has 1 N–H and O–H groups in total. The fraction of sp³-hybridized carbons (Fsp3) is 0.143. The highest BCUT2D eigenvalue weighted by Crippen LogP contribution is 1.98. The smallest absolute Gasteiger partial charge is 0.365 e. The van der Waals surface area contributed by atoms with Crippen molar-refractivity contribution < 1.29 is 9.15 Å². The minimum atomic E-state index is -0.465. The summed E-state index contributed by atoms with van der Waals surface area (Å²) in [6.07, 6.45) is 3.08. The Labute approximate surface area is 104 Å². The average molecular weight is 243 g/mol. The topological polar surface area (TPSA) is 55.2 Å². The lowest BCUT2D eigenvalue weighted by Gasteiger charge is -1.87. The third-order valence-electron chi connectivity index (χ3n) is 2.20. The maximum Gasteiger partial charge on any atom is 0.365 e. The highest BCUT2D eigenvalue weighted by molar-refractivity contribution is 5.57. The predicted octanol–water partition coefficient (Wildman–Crippen LogP) is 0.835. The summed E-state index contributed by atoms with van der Waals surface area (Å²) >= 11 is 0. The Kier molecular flexibility index (Phi) is 3.84. The molecule has 0 amide bonds. The Balaban J connectivity index is 2.41. The van der Waals surface area contributed by atoms with E-state index in [-0.39, 0.29) is 10.9 Å². The molecule has 0 aliphatic rings. The van der Waals surface area contributed by atoms with Crippen molar-refractivity contribution in [1.29, 1.82) is 0 Å². The van der Waals surface area contributed by atoms with Crippen LogP contribution in [0.2, 0.25) is 0 Å². The van der Waals surface area contributed by atoms with Crippen molar-refractivity contribution in [1.82, 2.24) is 4.98 Å². The van der Waals surface area contributed by atoms with Gasteiger partial charge in [0.05, 0.1) is 6.61 Å². The molecule has 1 aromatic carbocycles. The second-order valence-electron chi connectivity index (χ2n) is 3.53. The summed E-state index contributed by atoms with van der Waals surface area (Å²) in [4.78, 5) is 14.2. The molecular weight excluding hydrogens is 230 g/mol. The summed E-state index contributed by atoms with van der Waals surface area (Å²) in [6.45, 7) is 2.33. The molecule has 0 radical (unpaired) electrons. The first kappa shape index (κ1) is 12.0. The zero-order valence-corrected chi connectivity index (χ0v) is 9.97. The van der Waals surface area contributed by atoms with Gasteiger partial charge in [0.2, 0.25) is 5.55 Å². The molecule has 0 bridgehead atoms. The summed E-state index contributed by atoms with van der Waals surface area (Å²) in [6, 6.07) is 9.64. The minimum Gasteiger partial charge on any atom is -0.499 e. The molecular formula is C14H13NO3. The Bertz CT molecular complexity index is 703. The molecule has 0 aliphatic heterocycles. The maximum atomic E-state index is 11.4. The first-order chi connectivity index (χ1) is 8.79. The normalized spacial score (nSPS) is 11.1. The maximum absolute atomic E-state index is 11.4. The van der Waals surface area contributed by atoms with E-state index in [1.807, 2.05) is 37.3 Å². The largest absolute Gasteiger partial charge is 0.499 e. The third-order valence-corrected chi connectivity index (χ3v) is 2.20. The summed E-state index contributed by atoms with van der Waals surface area (Å²) < 4.78 is 9.99. The number of aromatic nitrogens is 1. The van der Waals surface area contributed by atoms with E-state index < -0.39 is 5.63 Å². The zero-order chi connectivity index (χ0) is 12.8. The van der Waals surface area contributed by atoms with Gasteiger partial charge in [0, 0.05) is 0 Å². The second-order valence-corrected chi connectivity index (χ2v) is 3.53. The first-order valence-electron chi connectivity index (χ1n) is 5.62. The zero-order valence-electron chi connectivity index (χ0n) is 9.97. The lowest BCUT2D eigenvalue weighted by Crippen LogP contribution is -2.21. The second kappa shape index (κ2) is 5.75. The standard InChI is InChI=1S/C14H13NO3/c1-2-17-10-12-14(16)18-13(15-12)9-8-11-6-4-3-5-7-11/h3-8,10,15H,2H2,1H3. The van der Waals surface area contributed by atoms with Crippen molar-refractivity contribution in [2.24, 2.45) is 0 Å². The molecule has 1 heterocycles. The van der Waals surface area contributed by atoms with Crippen molar-refractivity contribution in [2.75, 3.05) is 6.61 Å². The molecule has 0 aliphatic carbocycles. The van der Waals surface area contributed by atoms with E-state index in [0.29, 0.717) is 6.61 Å².